The second kappa shape index (κ2) is 9.02. The quantitative estimate of drug-likeness (QED) is 0.256. The Kier molecular flexibility index (Phi) is 5.57. The zero-order chi connectivity index (χ0) is 23.7. The molecule has 0 aliphatic rings. The first kappa shape index (κ1) is 21.6. The first-order chi connectivity index (χ1) is 17.3. The molecule has 0 fully saturated rings. The zero-order valence-electron chi connectivity index (χ0n) is 19.8. The minimum absolute atomic E-state index is 1.24. The second-order valence-electron chi connectivity index (χ2n) is 8.82. The lowest BCUT2D eigenvalue weighted by molar-refractivity contribution is 0.981. The molecule has 1 nitrogen and oxygen atoms in total. The molecule has 0 saturated carbocycles. The summed E-state index contributed by atoms with van der Waals surface area (Å²) in [4.78, 5) is 0. The molecule has 2 heteroatoms. The number of para-hydroxylation sites is 1. The van der Waals surface area contributed by atoms with Crippen molar-refractivity contribution in [1.82, 2.24) is 4.57 Å². The van der Waals surface area contributed by atoms with Gasteiger partial charge in [-0.25, -0.2) is 0 Å². The van der Waals surface area contributed by atoms with E-state index in [4.69, 9.17) is 0 Å². The molecule has 0 saturated heterocycles. The van der Waals surface area contributed by atoms with Gasteiger partial charge in [0.1, 0.15) is 28.5 Å². The van der Waals surface area contributed by atoms with Crippen molar-refractivity contribution in [2.75, 3.05) is 0 Å². The van der Waals surface area contributed by atoms with Gasteiger partial charge in [0.15, 0.2) is 0 Å². The van der Waals surface area contributed by atoms with Gasteiger partial charge in [-0.1, -0.05) is 97.1 Å². The standard InChI is InChI=1S/C33H27NP/c1-34-31-25-15-14-24-30(31)33(32(34)26-16-6-2-7-17-26)35(27-18-8-3-9-19-27,28-20-10-4-11-21-28)29-22-12-5-13-23-29/h2-25H,1H3/q+1. The third-order valence-electron chi connectivity index (χ3n) is 6.89. The summed E-state index contributed by atoms with van der Waals surface area (Å²) in [7, 11) is -0.0421. The highest BCUT2D eigenvalue weighted by atomic mass is 31.2. The Morgan fingerprint density at radius 2 is 0.857 bits per heavy atom. The first-order valence-corrected chi connectivity index (χ1v) is 13.8. The van der Waals surface area contributed by atoms with Crippen LogP contribution in [0.4, 0.5) is 0 Å². The Balaban J connectivity index is 1.88. The van der Waals surface area contributed by atoms with Crippen LogP contribution in [0.3, 0.4) is 0 Å². The minimum atomic E-state index is -2.25. The molecule has 168 valence electrons. The van der Waals surface area contributed by atoms with Gasteiger partial charge in [0.2, 0.25) is 0 Å². The number of fused-ring (bicyclic) bond motifs is 1. The molecular formula is C33H27NP+. The van der Waals surface area contributed by atoms with Gasteiger partial charge < -0.3 is 4.57 Å². The van der Waals surface area contributed by atoms with E-state index in [0.29, 0.717) is 0 Å². The highest BCUT2D eigenvalue weighted by Gasteiger charge is 2.51. The molecular weight excluding hydrogens is 441 g/mol. The maximum Gasteiger partial charge on any atom is 0.147 e. The number of aromatic nitrogens is 1. The van der Waals surface area contributed by atoms with E-state index in [0.717, 1.165) is 0 Å². The fourth-order valence-electron chi connectivity index (χ4n) is 5.43. The van der Waals surface area contributed by atoms with Crippen molar-refractivity contribution in [1.29, 1.82) is 0 Å². The van der Waals surface area contributed by atoms with Crippen LogP contribution in [-0.2, 0) is 7.05 Å². The van der Waals surface area contributed by atoms with E-state index in [9.17, 15) is 0 Å². The summed E-state index contributed by atoms with van der Waals surface area (Å²) in [6.45, 7) is 0. The fourth-order valence-corrected chi connectivity index (χ4v) is 10.1. The second-order valence-corrected chi connectivity index (χ2v) is 12.2. The molecule has 6 rings (SSSR count). The van der Waals surface area contributed by atoms with Crippen LogP contribution in [0.2, 0.25) is 0 Å². The van der Waals surface area contributed by atoms with Crippen LogP contribution in [0.5, 0.6) is 0 Å². The Morgan fingerprint density at radius 1 is 0.457 bits per heavy atom. The van der Waals surface area contributed by atoms with Crippen LogP contribution in [0.25, 0.3) is 22.2 Å². The van der Waals surface area contributed by atoms with Gasteiger partial charge in [0.05, 0.1) is 11.2 Å². The summed E-state index contributed by atoms with van der Waals surface area (Å²) in [5, 5.41) is 6.84. The lowest BCUT2D eigenvalue weighted by Gasteiger charge is -2.28. The molecule has 0 atom stereocenters. The van der Waals surface area contributed by atoms with Crippen molar-refractivity contribution in [3.63, 3.8) is 0 Å². The number of hydrogen-bond donors (Lipinski definition) is 0. The molecule has 1 aromatic heterocycles. The molecule has 0 spiro atoms. The summed E-state index contributed by atoms with van der Waals surface area (Å²) < 4.78 is 2.39. The summed E-state index contributed by atoms with van der Waals surface area (Å²) >= 11 is 0. The van der Waals surface area contributed by atoms with Crippen LogP contribution in [0.15, 0.2) is 146 Å². The van der Waals surface area contributed by atoms with Crippen molar-refractivity contribution in [3.8, 4) is 11.3 Å². The van der Waals surface area contributed by atoms with E-state index in [1.165, 1.54) is 43.4 Å². The van der Waals surface area contributed by atoms with E-state index >= 15 is 0 Å². The van der Waals surface area contributed by atoms with Crippen molar-refractivity contribution in [2.45, 2.75) is 0 Å². The lowest BCUT2D eigenvalue weighted by Crippen LogP contribution is -2.39. The Morgan fingerprint density at radius 3 is 1.34 bits per heavy atom. The van der Waals surface area contributed by atoms with E-state index in [1.54, 1.807) is 0 Å². The average molecular weight is 469 g/mol. The highest BCUT2D eigenvalue weighted by Crippen LogP contribution is 2.57. The molecule has 0 radical (unpaired) electrons. The van der Waals surface area contributed by atoms with Gasteiger partial charge in [-0.3, -0.25) is 0 Å². The Labute approximate surface area is 207 Å². The van der Waals surface area contributed by atoms with E-state index in [1.807, 2.05) is 0 Å². The first-order valence-electron chi connectivity index (χ1n) is 12.0. The van der Waals surface area contributed by atoms with Crippen molar-refractivity contribution < 1.29 is 0 Å². The van der Waals surface area contributed by atoms with Crippen molar-refractivity contribution in [2.24, 2.45) is 7.05 Å². The van der Waals surface area contributed by atoms with Crippen LogP contribution >= 0.6 is 7.26 Å². The van der Waals surface area contributed by atoms with Gasteiger partial charge in [0, 0.05) is 18.0 Å². The Bertz CT molecular complexity index is 1470. The zero-order valence-corrected chi connectivity index (χ0v) is 20.6. The van der Waals surface area contributed by atoms with E-state index in [2.05, 4.69) is 157 Å². The van der Waals surface area contributed by atoms with E-state index in [-0.39, 0.29) is 0 Å². The molecule has 1 heterocycles. The van der Waals surface area contributed by atoms with Gasteiger partial charge in [0.25, 0.3) is 0 Å². The molecule has 5 aromatic carbocycles. The molecule has 0 unspecified atom stereocenters. The van der Waals surface area contributed by atoms with Crippen molar-refractivity contribution in [3.05, 3.63) is 146 Å². The minimum Gasteiger partial charge on any atom is -0.340 e. The molecule has 0 aliphatic carbocycles. The summed E-state index contributed by atoms with van der Waals surface area (Å²) in [5.41, 5.74) is 3.79. The average Bonchev–Trinajstić information content (AvgIpc) is 3.24. The number of rotatable bonds is 5. The lowest BCUT2D eigenvalue weighted by atomic mass is 10.1. The normalized spacial score (nSPS) is 11.6. The van der Waals surface area contributed by atoms with Gasteiger partial charge >= 0.3 is 0 Å². The van der Waals surface area contributed by atoms with Crippen LogP contribution in [0, 0.1) is 0 Å². The smallest absolute Gasteiger partial charge is 0.147 e. The molecule has 0 aliphatic heterocycles. The molecule has 6 aromatic rings. The maximum atomic E-state index is 2.39. The van der Waals surface area contributed by atoms with Crippen LogP contribution < -0.4 is 21.2 Å². The number of aryl methyl sites for hydroxylation is 1. The monoisotopic (exact) mass is 468 g/mol. The third kappa shape index (κ3) is 3.43. The molecule has 35 heavy (non-hydrogen) atoms. The largest absolute Gasteiger partial charge is 0.340 e. The molecule has 0 N–H and O–H groups in total. The predicted molar refractivity (Wildman–Crippen MR) is 153 cm³/mol. The third-order valence-corrected chi connectivity index (χ3v) is 11.2. The van der Waals surface area contributed by atoms with Gasteiger partial charge in [-0.15, -0.1) is 0 Å². The summed E-state index contributed by atoms with van der Waals surface area (Å²) in [6, 6.07) is 53.2. The number of hydrogen-bond acceptors (Lipinski definition) is 0. The van der Waals surface area contributed by atoms with Gasteiger partial charge in [-0.2, -0.15) is 0 Å². The van der Waals surface area contributed by atoms with E-state index < -0.39 is 7.26 Å². The van der Waals surface area contributed by atoms with Crippen molar-refractivity contribution >= 4 is 39.4 Å². The SMILES string of the molecule is Cn1c(-c2ccccc2)c([P+](c2ccccc2)(c2ccccc2)c2ccccc2)c2ccccc21. The molecule has 0 bridgehead atoms. The highest BCUT2D eigenvalue weighted by molar-refractivity contribution is 8.02. The predicted octanol–water partition coefficient (Wildman–Crippen LogP) is 6.46. The van der Waals surface area contributed by atoms with Crippen LogP contribution in [-0.4, -0.2) is 4.57 Å². The van der Waals surface area contributed by atoms with Gasteiger partial charge in [-0.05, 0) is 48.5 Å². The summed E-state index contributed by atoms with van der Waals surface area (Å²) in [5.74, 6) is 0. The Hall–Kier alpha value is -3.93. The summed E-state index contributed by atoms with van der Waals surface area (Å²) in [6.07, 6.45) is 0. The fraction of sp³-hybridized carbons (Fsp3) is 0.0303. The number of nitrogens with zero attached hydrogens (tertiary/aromatic N) is 1. The topological polar surface area (TPSA) is 4.93 Å². The maximum absolute atomic E-state index is 2.39. The molecule has 0 amide bonds. The van der Waals surface area contributed by atoms with Crippen LogP contribution in [0.1, 0.15) is 0 Å². The number of benzene rings is 5.